The summed E-state index contributed by atoms with van der Waals surface area (Å²) in [5, 5.41) is 4.77. The highest BCUT2D eigenvalue weighted by molar-refractivity contribution is 7.99. The topological polar surface area (TPSA) is 72.2 Å². The highest BCUT2D eigenvalue weighted by atomic mass is 32.2. The van der Waals surface area contributed by atoms with Crippen molar-refractivity contribution >= 4 is 40.6 Å². The second kappa shape index (κ2) is 7.12. The van der Waals surface area contributed by atoms with E-state index in [4.69, 9.17) is 5.73 Å². The zero-order chi connectivity index (χ0) is 14.4. The van der Waals surface area contributed by atoms with Crippen LogP contribution >= 0.6 is 23.1 Å². The minimum Gasteiger partial charge on any atom is -0.366 e. The predicted molar refractivity (Wildman–Crippen MR) is 84.1 cm³/mol. The van der Waals surface area contributed by atoms with Gasteiger partial charge in [-0.05, 0) is 29.6 Å². The summed E-state index contributed by atoms with van der Waals surface area (Å²) in [5.41, 5.74) is 6.16. The Balaban J connectivity index is 1.82. The Hall–Kier alpha value is -1.79. The monoisotopic (exact) mass is 306 g/mol. The molecule has 0 spiro atoms. The van der Waals surface area contributed by atoms with Crippen molar-refractivity contribution in [3.63, 3.8) is 0 Å². The highest BCUT2D eigenvalue weighted by Gasteiger charge is 2.05. The first-order valence-electron chi connectivity index (χ1n) is 5.95. The van der Waals surface area contributed by atoms with Gasteiger partial charge in [-0.1, -0.05) is 12.1 Å². The van der Waals surface area contributed by atoms with Gasteiger partial charge in [-0.25, -0.2) is 0 Å². The zero-order valence-corrected chi connectivity index (χ0v) is 12.3. The molecule has 0 fully saturated rings. The van der Waals surface area contributed by atoms with Gasteiger partial charge in [0.25, 0.3) is 0 Å². The lowest BCUT2D eigenvalue weighted by atomic mass is 10.2. The van der Waals surface area contributed by atoms with Crippen LogP contribution in [-0.2, 0) is 10.5 Å². The fraction of sp³-hybridized carbons (Fsp3) is 0.143. The van der Waals surface area contributed by atoms with E-state index in [1.165, 1.54) is 4.88 Å². The zero-order valence-electron chi connectivity index (χ0n) is 10.7. The van der Waals surface area contributed by atoms with E-state index in [1.807, 2.05) is 17.5 Å². The number of primary amides is 1. The smallest absolute Gasteiger partial charge is 0.248 e. The van der Waals surface area contributed by atoms with Crippen LogP contribution in [-0.4, -0.2) is 17.6 Å². The SMILES string of the molecule is NC(=O)c1cccc(NC(=O)CSCc2cccs2)c1. The molecule has 20 heavy (non-hydrogen) atoms. The van der Waals surface area contributed by atoms with E-state index < -0.39 is 5.91 Å². The Labute approximate surface area is 125 Å². The molecule has 0 aliphatic carbocycles. The van der Waals surface area contributed by atoms with Crippen molar-refractivity contribution in [2.75, 3.05) is 11.1 Å². The van der Waals surface area contributed by atoms with Crippen LogP contribution in [0.1, 0.15) is 15.2 Å². The van der Waals surface area contributed by atoms with Gasteiger partial charge in [-0.3, -0.25) is 9.59 Å². The molecule has 1 aromatic carbocycles. The first kappa shape index (κ1) is 14.6. The van der Waals surface area contributed by atoms with E-state index in [-0.39, 0.29) is 5.91 Å². The van der Waals surface area contributed by atoms with Gasteiger partial charge in [-0.15, -0.1) is 23.1 Å². The van der Waals surface area contributed by atoms with Crippen LogP contribution in [0.3, 0.4) is 0 Å². The van der Waals surface area contributed by atoms with Crippen molar-refractivity contribution < 1.29 is 9.59 Å². The van der Waals surface area contributed by atoms with Crippen LogP contribution in [0.25, 0.3) is 0 Å². The minimum absolute atomic E-state index is 0.0897. The summed E-state index contributed by atoms with van der Waals surface area (Å²) < 4.78 is 0. The molecule has 104 valence electrons. The molecule has 0 saturated carbocycles. The molecule has 0 saturated heterocycles. The number of thiophene rings is 1. The number of hydrogen-bond donors (Lipinski definition) is 2. The number of carbonyl (C=O) groups is 2. The maximum Gasteiger partial charge on any atom is 0.248 e. The predicted octanol–water partition coefficient (Wildman–Crippen LogP) is 2.72. The third-order valence-corrected chi connectivity index (χ3v) is 4.53. The van der Waals surface area contributed by atoms with Crippen LogP contribution in [0.15, 0.2) is 41.8 Å². The Morgan fingerprint density at radius 3 is 2.80 bits per heavy atom. The molecule has 0 aliphatic heterocycles. The number of amides is 2. The van der Waals surface area contributed by atoms with Crippen molar-refractivity contribution in [2.45, 2.75) is 5.75 Å². The van der Waals surface area contributed by atoms with Crippen LogP contribution in [0.2, 0.25) is 0 Å². The molecule has 2 rings (SSSR count). The second-order valence-corrected chi connectivity index (χ2v) is 6.08. The molecule has 0 bridgehead atoms. The summed E-state index contributed by atoms with van der Waals surface area (Å²) in [4.78, 5) is 24.1. The number of anilines is 1. The molecule has 1 aromatic heterocycles. The van der Waals surface area contributed by atoms with Gasteiger partial charge in [0.1, 0.15) is 0 Å². The summed E-state index contributed by atoms with van der Waals surface area (Å²) in [6.45, 7) is 0. The van der Waals surface area contributed by atoms with Gasteiger partial charge in [0.2, 0.25) is 11.8 Å². The average Bonchev–Trinajstić information content (AvgIpc) is 2.92. The third kappa shape index (κ3) is 4.40. The number of nitrogens with two attached hydrogens (primary N) is 1. The third-order valence-electron chi connectivity index (χ3n) is 2.49. The maximum atomic E-state index is 11.8. The van der Waals surface area contributed by atoms with E-state index in [0.717, 1.165) is 5.75 Å². The van der Waals surface area contributed by atoms with Gasteiger partial charge in [-0.2, -0.15) is 0 Å². The number of nitrogens with one attached hydrogen (secondary N) is 1. The van der Waals surface area contributed by atoms with Gasteiger partial charge < -0.3 is 11.1 Å². The first-order valence-corrected chi connectivity index (χ1v) is 7.98. The summed E-state index contributed by atoms with van der Waals surface area (Å²) in [5.74, 6) is 0.604. The van der Waals surface area contributed by atoms with E-state index in [0.29, 0.717) is 17.0 Å². The minimum atomic E-state index is -0.506. The molecule has 2 amide bonds. The van der Waals surface area contributed by atoms with Gasteiger partial charge in [0, 0.05) is 21.9 Å². The van der Waals surface area contributed by atoms with Crippen LogP contribution < -0.4 is 11.1 Å². The van der Waals surface area contributed by atoms with E-state index in [1.54, 1.807) is 47.4 Å². The molecule has 0 atom stereocenters. The van der Waals surface area contributed by atoms with Crippen molar-refractivity contribution in [3.8, 4) is 0 Å². The largest absolute Gasteiger partial charge is 0.366 e. The Morgan fingerprint density at radius 1 is 1.25 bits per heavy atom. The molecule has 3 N–H and O–H groups in total. The second-order valence-electron chi connectivity index (χ2n) is 4.07. The lowest BCUT2D eigenvalue weighted by Crippen LogP contribution is -2.15. The highest BCUT2D eigenvalue weighted by Crippen LogP contribution is 2.17. The molecule has 1 heterocycles. The van der Waals surface area contributed by atoms with Crippen molar-refractivity contribution in [3.05, 3.63) is 52.2 Å². The van der Waals surface area contributed by atoms with E-state index in [9.17, 15) is 9.59 Å². The lowest BCUT2D eigenvalue weighted by Gasteiger charge is -2.06. The molecule has 0 radical (unpaired) electrons. The summed E-state index contributed by atoms with van der Waals surface area (Å²) >= 11 is 3.24. The number of hydrogen-bond acceptors (Lipinski definition) is 4. The van der Waals surface area contributed by atoms with Crippen molar-refractivity contribution in [2.24, 2.45) is 5.73 Å². The average molecular weight is 306 g/mol. The standard InChI is InChI=1S/C14H14N2O2S2/c15-14(18)10-3-1-4-11(7-10)16-13(17)9-19-8-12-5-2-6-20-12/h1-7H,8-9H2,(H2,15,18)(H,16,17). The Bertz CT molecular complexity index is 597. The summed E-state index contributed by atoms with van der Waals surface area (Å²) in [6.07, 6.45) is 0. The molecular weight excluding hydrogens is 292 g/mol. The molecule has 2 aromatic rings. The normalized spacial score (nSPS) is 10.2. The van der Waals surface area contributed by atoms with E-state index >= 15 is 0 Å². The first-order chi connectivity index (χ1) is 9.65. The lowest BCUT2D eigenvalue weighted by molar-refractivity contribution is -0.113. The fourth-order valence-electron chi connectivity index (χ4n) is 1.59. The molecule has 0 aliphatic rings. The van der Waals surface area contributed by atoms with E-state index in [2.05, 4.69) is 5.32 Å². The number of benzene rings is 1. The number of rotatable bonds is 6. The fourth-order valence-corrected chi connectivity index (χ4v) is 3.25. The molecule has 4 nitrogen and oxygen atoms in total. The van der Waals surface area contributed by atoms with Crippen molar-refractivity contribution in [1.29, 1.82) is 0 Å². The van der Waals surface area contributed by atoms with Crippen molar-refractivity contribution in [1.82, 2.24) is 0 Å². The Kier molecular flexibility index (Phi) is 5.20. The summed E-state index contributed by atoms with van der Waals surface area (Å²) in [6, 6.07) is 10.7. The molecule has 6 heteroatoms. The van der Waals surface area contributed by atoms with Crippen LogP contribution in [0, 0.1) is 0 Å². The quantitative estimate of drug-likeness (QED) is 0.862. The van der Waals surface area contributed by atoms with Crippen LogP contribution in [0.4, 0.5) is 5.69 Å². The number of carbonyl (C=O) groups excluding carboxylic acids is 2. The Morgan fingerprint density at radius 2 is 2.10 bits per heavy atom. The van der Waals surface area contributed by atoms with Gasteiger partial charge in [0.15, 0.2) is 0 Å². The van der Waals surface area contributed by atoms with Crippen LogP contribution in [0.5, 0.6) is 0 Å². The van der Waals surface area contributed by atoms with Gasteiger partial charge >= 0.3 is 0 Å². The van der Waals surface area contributed by atoms with Gasteiger partial charge in [0.05, 0.1) is 5.75 Å². The summed E-state index contributed by atoms with van der Waals surface area (Å²) in [7, 11) is 0. The molecule has 0 unspecified atom stereocenters. The number of thioether (sulfide) groups is 1. The maximum absolute atomic E-state index is 11.8. The molecular formula is C14H14N2O2S2.